The van der Waals surface area contributed by atoms with E-state index in [1.165, 1.54) is 5.56 Å². The zero-order valence-electron chi connectivity index (χ0n) is 16.1. The molecule has 148 valence electrons. The van der Waals surface area contributed by atoms with Crippen LogP contribution in [0.25, 0.3) is 0 Å². The van der Waals surface area contributed by atoms with Gasteiger partial charge in [0.1, 0.15) is 0 Å². The van der Waals surface area contributed by atoms with E-state index < -0.39 is 0 Å². The fourth-order valence-corrected chi connectivity index (χ4v) is 3.86. The zero-order valence-corrected chi connectivity index (χ0v) is 16.8. The van der Waals surface area contributed by atoms with Crippen molar-refractivity contribution in [1.82, 2.24) is 10.2 Å². The van der Waals surface area contributed by atoms with E-state index >= 15 is 0 Å². The summed E-state index contributed by atoms with van der Waals surface area (Å²) < 4.78 is 0. The highest BCUT2D eigenvalue weighted by Gasteiger charge is 2.29. The lowest BCUT2D eigenvalue weighted by Gasteiger charge is -2.32. The summed E-state index contributed by atoms with van der Waals surface area (Å²) in [5, 5.41) is 3.74. The van der Waals surface area contributed by atoms with E-state index in [2.05, 4.69) is 17.4 Å². The molecule has 4 nitrogen and oxygen atoms in total. The molecule has 0 spiro atoms. The molecule has 0 unspecified atom stereocenters. The Bertz CT molecular complexity index is 794. The number of benzene rings is 2. The molecule has 0 bridgehead atoms. The maximum Gasteiger partial charge on any atom is 0.224 e. The molecule has 1 N–H and O–H groups in total. The third-order valence-electron chi connectivity index (χ3n) is 5.26. The number of rotatable bonds is 8. The summed E-state index contributed by atoms with van der Waals surface area (Å²) >= 11 is 6.16. The van der Waals surface area contributed by atoms with E-state index in [1.807, 2.05) is 47.4 Å². The quantitative estimate of drug-likeness (QED) is 0.733. The van der Waals surface area contributed by atoms with Gasteiger partial charge in [-0.2, -0.15) is 0 Å². The molecule has 0 saturated carbocycles. The van der Waals surface area contributed by atoms with Crippen LogP contribution in [0.4, 0.5) is 0 Å². The van der Waals surface area contributed by atoms with Crippen LogP contribution >= 0.6 is 11.6 Å². The number of piperidine rings is 1. The summed E-state index contributed by atoms with van der Waals surface area (Å²) in [7, 11) is 0. The van der Waals surface area contributed by atoms with Gasteiger partial charge in [0, 0.05) is 31.1 Å². The second kappa shape index (κ2) is 10.3. The average Bonchev–Trinajstić information content (AvgIpc) is 2.71. The highest BCUT2D eigenvalue weighted by molar-refractivity contribution is 6.31. The van der Waals surface area contributed by atoms with Gasteiger partial charge in [0.15, 0.2) is 0 Å². The van der Waals surface area contributed by atoms with Gasteiger partial charge in [-0.15, -0.1) is 0 Å². The van der Waals surface area contributed by atoms with Crippen molar-refractivity contribution in [3.05, 3.63) is 70.7 Å². The molecule has 1 aliphatic heterocycles. The van der Waals surface area contributed by atoms with E-state index in [1.54, 1.807) is 0 Å². The van der Waals surface area contributed by atoms with Crippen LogP contribution in [0.15, 0.2) is 54.6 Å². The van der Waals surface area contributed by atoms with Gasteiger partial charge in [0.2, 0.25) is 11.8 Å². The monoisotopic (exact) mass is 398 g/mol. The SMILES string of the molecule is O=C(NCCc1ccccc1Cl)[C@H]1CCC(=O)N(CCCc2ccccc2)C1. The van der Waals surface area contributed by atoms with Crippen molar-refractivity contribution in [1.29, 1.82) is 0 Å². The first-order chi connectivity index (χ1) is 13.6. The van der Waals surface area contributed by atoms with Crippen molar-refractivity contribution in [2.45, 2.75) is 32.1 Å². The Kier molecular flexibility index (Phi) is 7.49. The maximum absolute atomic E-state index is 12.5. The van der Waals surface area contributed by atoms with Crippen LogP contribution < -0.4 is 5.32 Å². The molecule has 2 aromatic carbocycles. The molecule has 1 heterocycles. The van der Waals surface area contributed by atoms with Crippen molar-refractivity contribution in [3.63, 3.8) is 0 Å². The minimum Gasteiger partial charge on any atom is -0.355 e. The highest BCUT2D eigenvalue weighted by atomic mass is 35.5. The van der Waals surface area contributed by atoms with Crippen molar-refractivity contribution < 1.29 is 9.59 Å². The van der Waals surface area contributed by atoms with Gasteiger partial charge in [0.25, 0.3) is 0 Å². The molecular formula is C23H27ClN2O2. The number of hydrogen-bond acceptors (Lipinski definition) is 2. The Morgan fingerprint density at radius 1 is 1.07 bits per heavy atom. The summed E-state index contributed by atoms with van der Waals surface area (Å²) in [5.41, 5.74) is 2.31. The molecule has 1 fully saturated rings. The van der Waals surface area contributed by atoms with Gasteiger partial charge in [-0.05, 0) is 42.9 Å². The maximum atomic E-state index is 12.5. The molecule has 0 aliphatic carbocycles. The van der Waals surface area contributed by atoms with Gasteiger partial charge < -0.3 is 10.2 Å². The normalized spacial score (nSPS) is 16.8. The molecule has 5 heteroatoms. The number of nitrogens with one attached hydrogen (secondary N) is 1. The van der Waals surface area contributed by atoms with Crippen LogP contribution in [0.3, 0.4) is 0 Å². The van der Waals surface area contributed by atoms with Crippen molar-refractivity contribution in [3.8, 4) is 0 Å². The largest absolute Gasteiger partial charge is 0.355 e. The topological polar surface area (TPSA) is 49.4 Å². The van der Waals surface area contributed by atoms with Crippen LogP contribution in [0.5, 0.6) is 0 Å². The molecule has 1 atom stereocenters. The molecule has 28 heavy (non-hydrogen) atoms. The van der Waals surface area contributed by atoms with E-state index in [9.17, 15) is 9.59 Å². The van der Waals surface area contributed by atoms with Crippen molar-refractivity contribution in [2.75, 3.05) is 19.6 Å². The summed E-state index contributed by atoms with van der Waals surface area (Å²) in [4.78, 5) is 26.6. The number of hydrogen-bond donors (Lipinski definition) is 1. The lowest BCUT2D eigenvalue weighted by Crippen LogP contribution is -2.46. The smallest absolute Gasteiger partial charge is 0.224 e. The summed E-state index contributed by atoms with van der Waals surface area (Å²) in [5.74, 6) is 0.0708. The number of nitrogens with zero attached hydrogens (tertiary/aromatic N) is 1. The molecule has 2 amide bonds. The first kappa shape index (κ1) is 20.4. The first-order valence-corrected chi connectivity index (χ1v) is 10.3. The predicted octanol–water partition coefficient (Wildman–Crippen LogP) is 3.87. The summed E-state index contributed by atoms with van der Waals surface area (Å²) in [6.07, 6.45) is 3.65. The Hall–Kier alpha value is -2.33. The van der Waals surface area contributed by atoms with Crippen molar-refractivity contribution >= 4 is 23.4 Å². The number of aryl methyl sites for hydroxylation is 1. The summed E-state index contributed by atoms with van der Waals surface area (Å²) in [6.45, 7) is 1.78. The minimum atomic E-state index is -0.124. The van der Waals surface area contributed by atoms with Crippen molar-refractivity contribution in [2.24, 2.45) is 5.92 Å². The zero-order chi connectivity index (χ0) is 19.8. The molecule has 3 rings (SSSR count). The second-order valence-corrected chi connectivity index (χ2v) is 7.70. The lowest BCUT2D eigenvalue weighted by molar-refractivity contribution is -0.138. The van der Waals surface area contributed by atoms with Crippen LogP contribution in [-0.2, 0) is 22.4 Å². The van der Waals surface area contributed by atoms with Gasteiger partial charge >= 0.3 is 0 Å². The molecule has 2 aromatic rings. The van der Waals surface area contributed by atoms with Crippen LogP contribution in [-0.4, -0.2) is 36.3 Å². The minimum absolute atomic E-state index is 0.0348. The molecule has 0 aromatic heterocycles. The molecule has 0 radical (unpaired) electrons. The fourth-order valence-electron chi connectivity index (χ4n) is 3.63. The van der Waals surface area contributed by atoms with Crippen LogP contribution in [0.2, 0.25) is 5.02 Å². The molecule has 1 saturated heterocycles. The van der Waals surface area contributed by atoms with E-state index in [-0.39, 0.29) is 17.7 Å². The third-order valence-corrected chi connectivity index (χ3v) is 5.63. The van der Waals surface area contributed by atoms with Gasteiger partial charge in [-0.3, -0.25) is 9.59 Å². The Balaban J connectivity index is 1.43. The molecule has 1 aliphatic rings. The first-order valence-electron chi connectivity index (χ1n) is 9.96. The van der Waals surface area contributed by atoms with E-state index in [0.717, 1.165) is 23.4 Å². The van der Waals surface area contributed by atoms with Crippen LogP contribution in [0.1, 0.15) is 30.4 Å². The van der Waals surface area contributed by atoms with Crippen LogP contribution in [0, 0.1) is 5.92 Å². The number of carbonyl (C=O) groups excluding carboxylic acids is 2. The van der Waals surface area contributed by atoms with Gasteiger partial charge in [-0.25, -0.2) is 0 Å². The Morgan fingerprint density at radius 3 is 2.61 bits per heavy atom. The number of halogens is 1. The number of likely N-dealkylation sites (tertiary alicyclic amines) is 1. The third kappa shape index (κ3) is 5.83. The summed E-state index contributed by atoms with van der Waals surface area (Å²) in [6, 6.07) is 18.0. The highest BCUT2D eigenvalue weighted by Crippen LogP contribution is 2.19. The standard InChI is InChI=1S/C23H27ClN2O2/c24-21-11-5-4-10-19(21)14-15-25-23(28)20-12-13-22(27)26(17-20)16-6-9-18-7-2-1-3-8-18/h1-5,7-8,10-11,20H,6,9,12-17H2,(H,25,28)/t20-/m0/s1. The van der Waals surface area contributed by atoms with E-state index in [0.29, 0.717) is 38.9 Å². The van der Waals surface area contributed by atoms with Gasteiger partial charge in [-0.1, -0.05) is 60.1 Å². The number of carbonyl (C=O) groups is 2. The fraction of sp³-hybridized carbons (Fsp3) is 0.391. The lowest BCUT2D eigenvalue weighted by atomic mass is 9.96. The second-order valence-electron chi connectivity index (χ2n) is 7.30. The Labute approximate surface area is 171 Å². The van der Waals surface area contributed by atoms with E-state index in [4.69, 9.17) is 11.6 Å². The van der Waals surface area contributed by atoms with Gasteiger partial charge in [0.05, 0.1) is 5.92 Å². The predicted molar refractivity (Wildman–Crippen MR) is 112 cm³/mol. The average molecular weight is 399 g/mol. The molecular weight excluding hydrogens is 372 g/mol. The number of amides is 2. The Morgan fingerprint density at radius 2 is 1.82 bits per heavy atom.